The van der Waals surface area contributed by atoms with Gasteiger partial charge in [0.2, 0.25) is 0 Å². The van der Waals surface area contributed by atoms with E-state index in [0.717, 1.165) is 23.4 Å². The van der Waals surface area contributed by atoms with Crippen LogP contribution >= 0.6 is 0 Å². The topological polar surface area (TPSA) is 60.2 Å². The van der Waals surface area contributed by atoms with E-state index in [4.69, 9.17) is 4.74 Å². The Bertz CT molecular complexity index is 1140. The van der Waals surface area contributed by atoms with Crippen LogP contribution in [0.15, 0.2) is 42.6 Å². The van der Waals surface area contributed by atoms with Gasteiger partial charge in [0, 0.05) is 23.7 Å². The van der Waals surface area contributed by atoms with Crippen molar-refractivity contribution in [3.8, 4) is 17.5 Å². The van der Waals surface area contributed by atoms with Gasteiger partial charge < -0.3 is 9.84 Å². The Labute approximate surface area is 177 Å². The zero-order valence-electron chi connectivity index (χ0n) is 16.9. The lowest BCUT2D eigenvalue weighted by Crippen LogP contribution is -2.21. The molecule has 0 fully saturated rings. The average Bonchev–Trinajstić information content (AvgIpc) is 3.09. The molecule has 1 aliphatic heterocycles. The summed E-state index contributed by atoms with van der Waals surface area (Å²) in [4.78, 5) is 4.17. The highest BCUT2D eigenvalue weighted by atomic mass is 19.4. The number of aliphatic hydroxyl groups excluding tert-OH is 1. The van der Waals surface area contributed by atoms with Gasteiger partial charge in [0.15, 0.2) is 0 Å². The van der Waals surface area contributed by atoms with Crippen molar-refractivity contribution in [3.63, 3.8) is 0 Å². The molecule has 1 N–H and O–H groups in total. The highest BCUT2D eigenvalue weighted by Crippen LogP contribution is 2.31. The Morgan fingerprint density at radius 2 is 1.90 bits per heavy atom. The van der Waals surface area contributed by atoms with Crippen molar-refractivity contribution in [1.29, 1.82) is 0 Å². The first-order valence-corrected chi connectivity index (χ1v) is 9.78. The van der Waals surface area contributed by atoms with Crippen molar-refractivity contribution < 1.29 is 23.0 Å². The van der Waals surface area contributed by atoms with Gasteiger partial charge in [-0.1, -0.05) is 5.92 Å². The minimum Gasteiger partial charge on any atom is -0.387 e. The van der Waals surface area contributed by atoms with Crippen molar-refractivity contribution >= 4 is 0 Å². The quantitative estimate of drug-likeness (QED) is 0.623. The number of pyridine rings is 1. The molecule has 3 aromatic rings. The molecule has 1 aromatic carbocycles. The minimum absolute atomic E-state index is 0.0320. The van der Waals surface area contributed by atoms with Crippen LogP contribution in [-0.2, 0) is 23.9 Å². The second kappa shape index (κ2) is 8.17. The predicted octanol–water partition coefficient (Wildman–Crippen LogP) is 4.20. The molecular formula is C23H20F3N3O2. The van der Waals surface area contributed by atoms with Crippen LogP contribution in [0.2, 0.25) is 0 Å². The molecule has 3 heterocycles. The molecule has 0 amide bonds. The molecule has 0 radical (unpaired) electrons. The Morgan fingerprint density at radius 1 is 1.16 bits per heavy atom. The number of nitrogens with zero attached hydrogens (tertiary/aromatic N) is 3. The van der Waals surface area contributed by atoms with Crippen molar-refractivity contribution in [3.05, 3.63) is 76.4 Å². The number of benzene rings is 1. The summed E-state index contributed by atoms with van der Waals surface area (Å²) >= 11 is 0. The zero-order chi connectivity index (χ0) is 22.2. The van der Waals surface area contributed by atoms with Crippen LogP contribution in [0.3, 0.4) is 0 Å². The second-order valence-electron chi connectivity index (χ2n) is 7.45. The van der Waals surface area contributed by atoms with Crippen LogP contribution in [0.4, 0.5) is 13.2 Å². The van der Waals surface area contributed by atoms with Gasteiger partial charge in [0.1, 0.15) is 5.69 Å². The molecule has 0 bridgehead atoms. The van der Waals surface area contributed by atoms with Crippen LogP contribution < -0.4 is 0 Å². The van der Waals surface area contributed by atoms with Crippen LogP contribution in [0, 0.1) is 11.8 Å². The van der Waals surface area contributed by atoms with Gasteiger partial charge in [0.05, 0.1) is 41.5 Å². The monoisotopic (exact) mass is 427 g/mol. The lowest BCUT2D eigenvalue weighted by Gasteiger charge is -2.21. The lowest BCUT2D eigenvalue weighted by molar-refractivity contribution is -0.137. The summed E-state index contributed by atoms with van der Waals surface area (Å²) < 4.78 is 46.1. The standard InChI is InChI=1S/C23H20F3N3O2/c1-14-11-22-19(13-31-14)21(10-4-16-3-9-20(15(2)30)27-12-16)28-29(22)18-7-5-17(6-8-18)23(24,25)26/h3,5-9,12,14-15,30H,11,13H2,1-2H3/t14-,15?/m0/s1. The fraction of sp³-hybridized carbons (Fsp3) is 0.304. The number of halogens is 3. The van der Waals surface area contributed by atoms with E-state index in [1.54, 1.807) is 29.9 Å². The van der Waals surface area contributed by atoms with Gasteiger partial charge >= 0.3 is 6.18 Å². The molecule has 31 heavy (non-hydrogen) atoms. The molecule has 0 saturated carbocycles. The molecule has 5 nitrogen and oxygen atoms in total. The third kappa shape index (κ3) is 4.48. The summed E-state index contributed by atoms with van der Waals surface area (Å²) in [5, 5.41) is 14.1. The number of fused-ring (bicyclic) bond motifs is 1. The van der Waals surface area contributed by atoms with Crippen molar-refractivity contribution in [2.24, 2.45) is 0 Å². The largest absolute Gasteiger partial charge is 0.416 e. The molecule has 2 atom stereocenters. The number of hydrogen-bond acceptors (Lipinski definition) is 4. The molecule has 1 aliphatic rings. The van der Waals surface area contributed by atoms with Crippen LogP contribution in [0.5, 0.6) is 0 Å². The third-order valence-corrected chi connectivity index (χ3v) is 5.06. The predicted molar refractivity (Wildman–Crippen MR) is 107 cm³/mol. The lowest BCUT2D eigenvalue weighted by atomic mass is 10.0. The van der Waals surface area contributed by atoms with E-state index in [9.17, 15) is 18.3 Å². The van der Waals surface area contributed by atoms with E-state index in [2.05, 4.69) is 21.9 Å². The van der Waals surface area contributed by atoms with Gasteiger partial charge in [-0.3, -0.25) is 4.98 Å². The van der Waals surface area contributed by atoms with E-state index >= 15 is 0 Å². The van der Waals surface area contributed by atoms with Crippen molar-refractivity contribution in [1.82, 2.24) is 14.8 Å². The van der Waals surface area contributed by atoms with Crippen LogP contribution in [0.1, 0.15) is 53.7 Å². The maximum Gasteiger partial charge on any atom is 0.416 e. The Hall–Kier alpha value is -3.15. The summed E-state index contributed by atoms with van der Waals surface area (Å²) in [5.41, 5.74) is 3.27. The molecule has 8 heteroatoms. The first-order valence-electron chi connectivity index (χ1n) is 9.78. The molecule has 1 unspecified atom stereocenters. The first-order chi connectivity index (χ1) is 14.7. The number of aliphatic hydroxyl groups is 1. The van der Waals surface area contributed by atoms with E-state index in [-0.39, 0.29) is 6.10 Å². The van der Waals surface area contributed by atoms with Crippen molar-refractivity contribution in [2.75, 3.05) is 0 Å². The van der Waals surface area contributed by atoms with E-state index in [1.165, 1.54) is 12.1 Å². The molecule has 0 aliphatic carbocycles. The maximum absolute atomic E-state index is 12.9. The summed E-state index contributed by atoms with van der Waals surface area (Å²) in [6.45, 7) is 3.91. The number of rotatable bonds is 2. The summed E-state index contributed by atoms with van der Waals surface area (Å²) in [7, 11) is 0. The number of ether oxygens (including phenoxy) is 1. The molecule has 0 spiro atoms. The van der Waals surface area contributed by atoms with E-state index < -0.39 is 17.8 Å². The second-order valence-corrected chi connectivity index (χ2v) is 7.45. The summed E-state index contributed by atoms with van der Waals surface area (Å²) in [5.74, 6) is 6.04. The molecule has 2 aromatic heterocycles. The third-order valence-electron chi connectivity index (χ3n) is 5.06. The van der Waals surface area contributed by atoms with Gasteiger partial charge in [-0.2, -0.15) is 18.3 Å². The molecule has 160 valence electrons. The summed E-state index contributed by atoms with van der Waals surface area (Å²) in [6, 6.07) is 8.38. The van der Waals surface area contributed by atoms with Gasteiger partial charge in [0.25, 0.3) is 0 Å². The van der Waals surface area contributed by atoms with Crippen molar-refractivity contribution in [2.45, 2.75) is 45.3 Å². The SMILES string of the molecule is CC(O)c1ccc(C#Cc2nn(-c3ccc(C(F)(F)F)cc3)c3c2CO[C@@H](C)C3)cn1. The highest BCUT2D eigenvalue weighted by molar-refractivity contribution is 5.48. The van der Waals surface area contributed by atoms with Crippen LogP contribution in [-0.4, -0.2) is 26.0 Å². The fourth-order valence-electron chi connectivity index (χ4n) is 3.37. The first kappa shape index (κ1) is 21.1. The molecule has 4 rings (SSSR count). The fourth-order valence-corrected chi connectivity index (χ4v) is 3.37. The zero-order valence-corrected chi connectivity index (χ0v) is 16.9. The number of alkyl halides is 3. The Morgan fingerprint density at radius 3 is 2.52 bits per heavy atom. The smallest absolute Gasteiger partial charge is 0.387 e. The van der Waals surface area contributed by atoms with Gasteiger partial charge in [-0.25, -0.2) is 4.68 Å². The number of hydrogen-bond donors (Lipinski definition) is 1. The minimum atomic E-state index is -4.39. The van der Waals surface area contributed by atoms with E-state index in [0.29, 0.717) is 35.7 Å². The Balaban J connectivity index is 1.71. The van der Waals surface area contributed by atoms with Crippen LogP contribution in [0.25, 0.3) is 5.69 Å². The van der Waals surface area contributed by atoms with E-state index in [1.807, 2.05) is 6.92 Å². The molecular weight excluding hydrogens is 407 g/mol. The van der Waals surface area contributed by atoms with Gasteiger partial charge in [-0.05, 0) is 56.2 Å². The normalized spacial score (nSPS) is 16.9. The summed E-state index contributed by atoms with van der Waals surface area (Å²) in [6.07, 6.45) is -2.93. The highest BCUT2D eigenvalue weighted by Gasteiger charge is 2.30. The molecule has 0 saturated heterocycles. The maximum atomic E-state index is 12.9. The van der Waals surface area contributed by atoms with Gasteiger partial charge in [-0.15, -0.1) is 0 Å². The number of aromatic nitrogens is 3. The average molecular weight is 427 g/mol. The Kier molecular flexibility index (Phi) is 5.56.